The van der Waals surface area contributed by atoms with Crippen LogP contribution in [0.25, 0.3) is 0 Å². The third-order valence-corrected chi connectivity index (χ3v) is 3.12. The average Bonchev–Trinajstić information content (AvgIpc) is 2.29. The molecule has 0 aliphatic carbocycles. The van der Waals surface area contributed by atoms with Crippen LogP contribution >= 0.6 is 0 Å². The van der Waals surface area contributed by atoms with Gasteiger partial charge in [-0.15, -0.1) is 0 Å². The number of carbonyl (C=O) groups is 1. The van der Waals surface area contributed by atoms with E-state index in [0.717, 1.165) is 6.42 Å². The van der Waals surface area contributed by atoms with Gasteiger partial charge >= 0.3 is 106 Å². The van der Waals surface area contributed by atoms with Gasteiger partial charge in [0.05, 0.1) is 0 Å². The summed E-state index contributed by atoms with van der Waals surface area (Å²) in [5.41, 5.74) is 1.43. The number of carbonyl (C=O) groups excluding carboxylic acids is 1. The molecule has 96 valence electrons. The molecule has 0 saturated heterocycles. The van der Waals surface area contributed by atoms with E-state index in [0.29, 0.717) is 6.42 Å². The van der Waals surface area contributed by atoms with Crippen LogP contribution in [0.3, 0.4) is 0 Å². The van der Waals surface area contributed by atoms with Crippen LogP contribution in [0, 0.1) is 0 Å². The van der Waals surface area contributed by atoms with Crippen molar-refractivity contribution in [2.24, 2.45) is 0 Å². The van der Waals surface area contributed by atoms with Crippen LogP contribution in [0.1, 0.15) is 44.1 Å². The predicted octanol–water partition coefficient (Wildman–Crippen LogP) is 3.64. The maximum absolute atomic E-state index is 10.7. The van der Waals surface area contributed by atoms with Gasteiger partial charge in [0.2, 0.25) is 0 Å². The van der Waals surface area contributed by atoms with Gasteiger partial charge in [0.25, 0.3) is 0 Å². The molecular weight excluding hydrogens is 277 g/mol. The molecule has 1 rings (SSSR count). The number of hydrogen-bond donors (Lipinski definition) is 1. The molecule has 0 aliphatic heterocycles. The van der Waals surface area contributed by atoms with Crippen molar-refractivity contribution >= 4 is 20.7 Å². The van der Waals surface area contributed by atoms with E-state index in [1.165, 1.54) is 37.7 Å². The molecule has 4 N–H and O–H groups in total. The first kappa shape index (κ1) is 16.4. The van der Waals surface area contributed by atoms with Crippen molar-refractivity contribution in [2.45, 2.75) is 44.9 Å². The van der Waals surface area contributed by atoms with Gasteiger partial charge in [0.15, 0.2) is 0 Å². The summed E-state index contributed by atoms with van der Waals surface area (Å²) in [5.74, 6) is 0. The van der Waals surface area contributed by atoms with E-state index < -0.39 is 0 Å². The fraction of sp³-hybridized carbons (Fsp3) is 0.500. The van der Waals surface area contributed by atoms with Crippen molar-refractivity contribution in [3.63, 3.8) is 0 Å². The summed E-state index contributed by atoms with van der Waals surface area (Å²) in [5, 5.41) is 0. The number of rotatable bonds is 8. The Morgan fingerprint density at radius 3 is 2.18 bits per heavy atom. The van der Waals surface area contributed by atoms with Crippen LogP contribution < -0.4 is 6.15 Å². The summed E-state index contributed by atoms with van der Waals surface area (Å²) in [4.78, 5) is 10.7. The Bertz CT molecular complexity index is 300. The van der Waals surface area contributed by atoms with Gasteiger partial charge in [-0.25, -0.2) is 0 Å². The summed E-state index contributed by atoms with van der Waals surface area (Å²) in [6.45, 7) is 0. The topological polar surface area (TPSA) is 53.6 Å². The van der Waals surface area contributed by atoms with E-state index in [4.69, 9.17) is 0 Å². The Balaban J connectivity index is 0.00000256. The summed E-state index contributed by atoms with van der Waals surface area (Å²) in [7, 11) is 0. The SMILES string of the molecule is O=C([Se-])CCCCCCCc1ccccc1.[NH4+]. The number of unbranched alkanes of at least 4 members (excludes halogenated alkanes) is 4. The van der Waals surface area contributed by atoms with Gasteiger partial charge in [0.1, 0.15) is 0 Å². The molecule has 17 heavy (non-hydrogen) atoms. The van der Waals surface area contributed by atoms with Crippen molar-refractivity contribution in [1.29, 1.82) is 0 Å². The van der Waals surface area contributed by atoms with Gasteiger partial charge in [0, 0.05) is 0 Å². The zero-order valence-electron chi connectivity index (χ0n) is 10.7. The maximum Gasteiger partial charge on any atom is -0.369 e. The van der Waals surface area contributed by atoms with Crippen molar-refractivity contribution < 1.29 is 4.79 Å². The second-order valence-electron chi connectivity index (χ2n) is 4.13. The van der Waals surface area contributed by atoms with E-state index in [2.05, 4.69) is 46.3 Å². The largest absolute Gasteiger partial charge is 0.369 e. The van der Waals surface area contributed by atoms with E-state index in [1.807, 2.05) is 0 Å². The zero-order valence-corrected chi connectivity index (χ0v) is 12.4. The fourth-order valence-electron chi connectivity index (χ4n) is 1.77. The van der Waals surface area contributed by atoms with Crippen LogP contribution in [0.5, 0.6) is 0 Å². The smallest absolute Gasteiger partial charge is 0.369 e. The van der Waals surface area contributed by atoms with Crippen LogP contribution in [0.15, 0.2) is 30.3 Å². The summed E-state index contributed by atoms with van der Waals surface area (Å²) >= 11 is 2.52. The standard InChI is InChI=1S/C14H20OSe.H3N/c15-14(16)12-8-3-1-2-5-9-13-10-6-4-7-11-13;/h4,6-7,10-11H,1-3,5,8-9,12H2,(H,15,16);1H3. The molecule has 0 radical (unpaired) electrons. The molecule has 0 fully saturated rings. The Morgan fingerprint density at radius 2 is 1.53 bits per heavy atom. The first-order chi connectivity index (χ1) is 7.79. The molecular formula is C14H23NOSe. The number of aryl methyl sites for hydroxylation is 1. The average molecular weight is 300 g/mol. The number of benzene rings is 1. The molecule has 0 unspecified atom stereocenters. The van der Waals surface area contributed by atoms with E-state index in [9.17, 15) is 4.79 Å². The van der Waals surface area contributed by atoms with Gasteiger partial charge < -0.3 is 6.15 Å². The van der Waals surface area contributed by atoms with Crippen LogP contribution in [-0.2, 0) is 11.2 Å². The molecule has 1 aromatic carbocycles. The van der Waals surface area contributed by atoms with Gasteiger partial charge in [-0.1, -0.05) is 0 Å². The zero-order chi connectivity index (χ0) is 11.6. The van der Waals surface area contributed by atoms with Gasteiger partial charge in [-0.05, 0) is 0 Å². The number of quaternary nitrogens is 1. The van der Waals surface area contributed by atoms with E-state index in [-0.39, 0.29) is 10.8 Å². The van der Waals surface area contributed by atoms with Crippen molar-refractivity contribution in [2.75, 3.05) is 0 Å². The Morgan fingerprint density at radius 1 is 0.941 bits per heavy atom. The first-order valence-electron chi connectivity index (χ1n) is 6.03. The third-order valence-electron chi connectivity index (χ3n) is 2.69. The minimum Gasteiger partial charge on any atom is -0.369 e. The Kier molecular flexibility index (Phi) is 10.1. The van der Waals surface area contributed by atoms with E-state index in [1.54, 1.807) is 0 Å². The molecule has 0 amide bonds. The minimum absolute atomic E-state index is 0. The minimum atomic E-state index is 0. The summed E-state index contributed by atoms with van der Waals surface area (Å²) < 4.78 is 0.198. The van der Waals surface area contributed by atoms with Crippen molar-refractivity contribution in [3.05, 3.63) is 35.9 Å². The second kappa shape index (κ2) is 10.5. The molecule has 0 aliphatic rings. The predicted molar refractivity (Wildman–Crippen MR) is 74.6 cm³/mol. The number of hydrogen-bond acceptors (Lipinski definition) is 1. The normalized spacial score (nSPS) is 9.65. The molecule has 2 nitrogen and oxygen atoms in total. The quantitative estimate of drug-likeness (QED) is 0.578. The molecule has 0 aromatic heterocycles. The summed E-state index contributed by atoms with van der Waals surface area (Å²) in [6.07, 6.45) is 7.90. The maximum atomic E-state index is 10.7. The first-order valence-corrected chi connectivity index (χ1v) is 6.88. The fourth-order valence-corrected chi connectivity index (χ4v) is 2.08. The monoisotopic (exact) mass is 301 g/mol. The molecule has 0 heterocycles. The van der Waals surface area contributed by atoms with Gasteiger partial charge in [-0.2, -0.15) is 0 Å². The van der Waals surface area contributed by atoms with Crippen molar-refractivity contribution in [3.8, 4) is 0 Å². The summed E-state index contributed by atoms with van der Waals surface area (Å²) in [6, 6.07) is 10.6. The van der Waals surface area contributed by atoms with Crippen LogP contribution in [0.4, 0.5) is 0 Å². The molecule has 0 bridgehead atoms. The van der Waals surface area contributed by atoms with E-state index >= 15 is 0 Å². The third kappa shape index (κ3) is 9.11. The molecule has 0 atom stereocenters. The van der Waals surface area contributed by atoms with Gasteiger partial charge in [-0.3, -0.25) is 0 Å². The molecule has 3 heteroatoms. The second-order valence-corrected chi connectivity index (χ2v) is 5.08. The molecule has 1 aromatic rings. The van der Waals surface area contributed by atoms with Crippen LogP contribution in [0.2, 0.25) is 0 Å². The van der Waals surface area contributed by atoms with Crippen LogP contribution in [-0.4, -0.2) is 20.7 Å². The Hall–Kier alpha value is -0.631. The molecule has 0 spiro atoms. The van der Waals surface area contributed by atoms with Crippen molar-refractivity contribution in [1.82, 2.24) is 6.15 Å². The molecule has 0 saturated carbocycles. The Labute approximate surface area is 113 Å².